The second-order valence-corrected chi connectivity index (χ2v) is 0. The molecule has 0 saturated heterocycles. The van der Waals surface area contributed by atoms with Gasteiger partial charge in [-0.2, -0.15) is 9.90 Å². The monoisotopic (exact) mass is 92.1 g/mol. The second kappa shape index (κ2) is 48.3. The molecule has 0 nitrogen and oxygen atoms in total. The highest BCUT2D eigenvalue weighted by atomic mass is 31.0. The quantitative estimate of drug-likeness (QED) is 0.217. The molecule has 26 valence electrons. The van der Waals surface area contributed by atoms with Crippen LogP contribution in [0.4, 0.5) is 0 Å². The third-order valence-electron chi connectivity index (χ3n) is 0. The van der Waals surface area contributed by atoms with Crippen molar-refractivity contribution < 1.29 is 0 Å². The molecule has 0 aromatic carbocycles. The van der Waals surface area contributed by atoms with Crippen molar-refractivity contribution in [2.24, 2.45) is 0 Å². The average Bonchev–Trinajstić information content (AvgIpc) is 1.00. The maximum atomic E-state index is 2.00. The molecule has 0 heterocycles. The summed E-state index contributed by atoms with van der Waals surface area (Å²) in [4.78, 5) is 0. The van der Waals surface area contributed by atoms with Crippen molar-refractivity contribution in [2.75, 3.05) is 0 Å². The van der Waals surface area contributed by atoms with Crippen LogP contribution in [0.5, 0.6) is 0 Å². The predicted octanol–water partition coefficient (Wildman–Crippen LogP) is -3.23. The molecule has 0 radical (unpaired) electrons. The van der Waals surface area contributed by atoms with Crippen LogP contribution in [0, 0.1) is 0 Å². The van der Waals surface area contributed by atoms with E-state index in [4.69, 9.17) is 0 Å². The van der Waals surface area contributed by atoms with E-state index in [1.54, 1.807) is 0 Å². The molecule has 0 aliphatic carbocycles. The SMILES string of the molecule is BB.P.[SiH4]. The standard InChI is InChI=1S/B2H4.H3P.H4Si/c1-2;;/h1-2H2;1H3;1H4. The summed E-state index contributed by atoms with van der Waals surface area (Å²) in [5.74, 6) is 0. The fourth-order valence-electron chi connectivity index (χ4n) is 0. The van der Waals surface area contributed by atoms with E-state index in [9.17, 15) is 0 Å². The van der Waals surface area contributed by atoms with Crippen LogP contribution < -0.4 is 0 Å². The normalized spacial score (nSPS) is 1.00. The fourth-order valence-corrected chi connectivity index (χ4v) is 0. The zero-order valence-electron chi connectivity index (χ0n) is 2.71. The van der Waals surface area contributed by atoms with Crippen LogP contribution in [0.3, 0.4) is 0 Å². The van der Waals surface area contributed by atoms with Gasteiger partial charge in [0.2, 0.25) is 0 Å². The van der Waals surface area contributed by atoms with Gasteiger partial charge in [0.1, 0.15) is 0 Å². The first-order chi connectivity index (χ1) is 1.00. The van der Waals surface area contributed by atoms with Crippen LogP contribution in [-0.4, -0.2) is 26.4 Å². The minimum atomic E-state index is 0. The first-order valence-electron chi connectivity index (χ1n) is 1.00. The van der Waals surface area contributed by atoms with Crippen molar-refractivity contribution in [2.45, 2.75) is 0 Å². The molecule has 0 aliphatic heterocycles. The highest BCUT2D eigenvalue weighted by Crippen LogP contribution is 0.861. The summed E-state index contributed by atoms with van der Waals surface area (Å²) in [5.41, 5.74) is 0. The van der Waals surface area contributed by atoms with Crippen LogP contribution in [0.15, 0.2) is 0 Å². The maximum absolute atomic E-state index is 2.00. The molecule has 4 heteroatoms. The van der Waals surface area contributed by atoms with Crippen LogP contribution >= 0.6 is 9.90 Å². The van der Waals surface area contributed by atoms with Crippen molar-refractivity contribution in [3.63, 3.8) is 0 Å². The Kier molecular flexibility index (Phi) is 260. The molecule has 0 N–H and O–H groups in total. The Labute approximate surface area is 37.2 Å². The van der Waals surface area contributed by atoms with E-state index in [1.807, 2.05) is 15.5 Å². The molecule has 0 aromatic rings. The first kappa shape index (κ1) is 21.6. The lowest BCUT2D eigenvalue weighted by Crippen LogP contribution is -1.38. The molecule has 4 heavy (non-hydrogen) atoms. The second-order valence-electron chi connectivity index (χ2n) is 0. The van der Waals surface area contributed by atoms with Gasteiger partial charge in [-0.15, -0.1) is 0 Å². The van der Waals surface area contributed by atoms with E-state index in [0.29, 0.717) is 0 Å². The summed E-state index contributed by atoms with van der Waals surface area (Å²) >= 11 is 0. The van der Waals surface area contributed by atoms with Gasteiger partial charge in [0.05, 0.1) is 15.5 Å². The number of hydrogen-bond donors (Lipinski definition) is 0. The highest BCUT2D eigenvalue weighted by molar-refractivity contribution is 6.92. The van der Waals surface area contributed by atoms with Gasteiger partial charge in [-0.05, 0) is 11.0 Å². The van der Waals surface area contributed by atoms with E-state index in [1.165, 1.54) is 0 Å². The van der Waals surface area contributed by atoms with Gasteiger partial charge in [0.25, 0.3) is 0 Å². The molecule has 0 amide bonds. The number of rotatable bonds is 0. The Morgan fingerprint density at radius 1 is 1.00 bits per heavy atom. The summed E-state index contributed by atoms with van der Waals surface area (Å²) in [5, 5.41) is 0. The van der Waals surface area contributed by atoms with Crippen molar-refractivity contribution in [3.05, 3.63) is 0 Å². The number of hydrogen-bond acceptors (Lipinski definition) is 0. The zero-order chi connectivity index (χ0) is 2.00. The molecule has 0 spiro atoms. The van der Waals surface area contributed by atoms with E-state index in [2.05, 4.69) is 0 Å². The van der Waals surface area contributed by atoms with Crippen LogP contribution in [0.2, 0.25) is 0 Å². The highest BCUT2D eigenvalue weighted by Gasteiger charge is 1.06. The molecular weight excluding hydrogens is 80.7 g/mol. The van der Waals surface area contributed by atoms with Crippen molar-refractivity contribution in [3.8, 4) is 0 Å². The van der Waals surface area contributed by atoms with Gasteiger partial charge in [0, 0.05) is 0 Å². The molecule has 0 bridgehead atoms. The van der Waals surface area contributed by atoms with E-state index in [0.717, 1.165) is 0 Å². The lowest BCUT2D eigenvalue weighted by atomic mass is 9.81. The van der Waals surface area contributed by atoms with Gasteiger partial charge in [-0.25, -0.2) is 0 Å². The Bertz CT molecular complexity index is 6.00. The Hall–Kier alpha value is 0.777. The van der Waals surface area contributed by atoms with Crippen LogP contribution in [0.25, 0.3) is 0 Å². The lowest BCUT2D eigenvalue weighted by Gasteiger charge is -0.936. The minimum Gasteiger partial charge on any atom is -0.153 e. The summed E-state index contributed by atoms with van der Waals surface area (Å²) < 4.78 is 0. The van der Waals surface area contributed by atoms with Gasteiger partial charge < -0.3 is 0 Å². The lowest BCUT2D eigenvalue weighted by molar-refractivity contribution is 4.75. The van der Waals surface area contributed by atoms with Crippen molar-refractivity contribution in [1.29, 1.82) is 0 Å². The average molecular weight is 91.8 g/mol. The molecule has 0 saturated carbocycles. The summed E-state index contributed by atoms with van der Waals surface area (Å²) in [6.07, 6.45) is 0. The van der Waals surface area contributed by atoms with E-state index in [-0.39, 0.29) is 20.9 Å². The third kappa shape index (κ3) is 14.5. The predicted molar refractivity (Wildman–Crippen MR) is 39.5 cm³/mol. The molecule has 0 aromatic heterocycles. The van der Waals surface area contributed by atoms with Gasteiger partial charge in [0.15, 0.2) is 0 Å². The van der Waals surface area contributed by atoms with Crippen molar-refractivity contribution >= 4 is 36.3 Å². The summed E-state index contributed by atoms with van der Waals surface area (Å²) in [7, 11) is 4.00. The maximum Gasteiger partial charge on any atom is 0.0643 e. The Morgan fingerprint density at radius 3 is 1.00 bits per heavy atom. The largest absolute Gasteiger partial charge is 0.153 e. The fraction of sp³-hybridized carbons (Fsp3) is 0. The third-order valence-corrected chi connectivity index (χ3v) is 0. The van der Waals surface area contributed by atoms with Crippen LogP contribution in [-0.2, 0) is 0 Å². The molecule has 0 aliphatic rings. The topological polar surface area (TPSA) is 0 Å². The Balaban J connectivity index is -0.00000000500. The van der Waals surface area contributed by atoms with E-state index >= 15 is 0 Å². The zero-order valence-corrected chi connectivity index (χ0v) is 4.12. The smallest absolute Gasteiger partial charge is 0.0643 e. The Morgan fingerprint density at radius 2 is 1.00 bits per heavy atom. The molecule has 0 rings (SSSR count). The molecule has 1 unspecified atom stereocenters. The summed E-state index contributed by atoms with van der Waals surface area (Å²) in [6.45, 7) is 0. The summed E-state index contributed by atoms with van der Waals surface area (Å²) in [6, 6.07) is 0. The van der Waals surface area contributed by atoms with Gasteiger partial charge in [-0.3, -0.25) is 0 Å². The van der Waals surface area contributed by atoms with Crippen LogP contribution in [0.1, 0.15) is 0 Å². The van der Waals surface area contributed by atoms with Gasteiger partial charge >= 0.3 is 0 Å². The first-order valence-corrected chi connectivity index (χ1v) is 1.00. The molecular formula is H11B2PSi. The van der Waals surface area contributed by atoms with E-state index < -0.39 is 0 Å². The van der Waals surface area contributed by atoms with Gasteiger partial charge in [-0.1, -0.05) is 0 Å². The minimum absolute atomic E-state index is 0. The molecule has 1 atom stereocenters. The molecule has 0 fully saturated rings. The van der Waals surface area contributed by atoms with Crippen molar-refractivity contribution in [1.82, 2.24) is 0 Å².